The molecule has 0 amide bonds. The number of rotatable bonds is 4. The molecule has 1 atom stereocenters. The molecule has 0 bridgehead atoms. The average Bonchev–Trinajstić information content (AvgIpc) is 2.81. The molecular formula is C13H17N3O. The molecule has 0 radical (unpaired) electrons. The van der Waals surface area contributed by atoms with Crippen molar-refractivity contribution < 1.29 is 4.52 Å². The molecule has 17 heavy (non-hydrogen) atoms. The molecule has 0 saturated heterocycles. The van der Waals surface area contributed by atoms with Crippen molar-refractivity contribution in [2.45, 2.75) is 26.3 Å². The number of aryl methyl sites for hydroxylation is 1. The normalized spacial score (nSPS) is 12.6. The van der Waals surface area contributed by atoms with Crippen LogP contribution in [-0.4, -0.2) is 17.2 Å². The summed E-state index contributed by atoms with van der Waals surface area (Å²) in [7, 11) is 1.89. The van der Waals surface area contributed by atoms with E-state index in [1.165, 1.54) is 5.56 Å². The zero-order chi connectivity index (χ0) is 12.3. The SMILES string of the molecule is CCC(NC)c1nc(-c2ccc(C)cc2)no1. The highest BCUT2D eigenvalue weighted by Gasteiger charge is 2.15. The Kier molecular flexibility index (Phi) is 3.54. The van der Waals surface area contributed by atoms with E-state index in [1.54, 1.807) is 0 Å². The third-order valence-corrected chi connectivity index (χ3v) is 2.81. The first-order valence-corrected chi connectivity index (χ1v) is 5.82. The van der Waals surface area contributed by atoms with Crippen LogP contribution in [0.2, 0.25) is 0 Å². The summed E-state index contributed by atoms with van der Waals surface area (Å²) in [5.74, 6) is 1.29. The van der Waals surface area contributed by atoms with Crippen molar-refractivity contribution in [2.75, 3.05) is 7.05 Å². The lowest BCUT2D eigenvalue weighted by atomic mass is 10.1. The van der Waals surface area contributed by atoms with Crippen LogP contribution in [0.15, 0.2) is 28.8 Å². The van der Waals surface area contributed by atoms with Crippen LogP contribution < -0.4 is 5.32 Å². The fourth-order valence-corrected chi connectivity index (χ4v) is 1.70. The summed E-state index contributed by atoms with van der Waals surface area (Å²) in [6, 6.07) is 8.22. The lowest BCUT2D eigenvalue weighted by Gasteiger charge is -2.06. The Balaban J connectivity index is 2.26. The van der Waals surface area contributed by atoms with Gasteiger partial charge in [-0.05, 0) is 20.4 Å². The van der Waals surface area contributed by atoms with E-state index in [9.17, 15) is 0 Å². The fourth-order valence-electron chi connectivity index (χ4n) is 1.70. The van der Waals surface area contributed by atoms with Crippen molar-refractivity contribution in [1.82, 2.24) is 15.5 Å². The van der Waals surface area contributed by atoms with Crippen LogP contribution in [0.1, 0.15) is 30.8 Å². The molecule has 0 aliphatic carbocycles. The third-order valence-electron chi connectivity index (χ3n) is 2.81. The van der Waals surface area contributed by atoms with Crippen molar-refractivity contribution in [3.63, 3.8) is 0 Å². The Morgan fingerprint density at radius 2 is 2.00 bits per heavy atom. The van der Waals surface area contributed by atoms with Gasteiger partial charge in [0, 0.05) is 5.56 Å². The van der Waals surface area contributed by atoms with Crippen molar-refractivity contribution in [3.05, 3.63) is 35.7 Å². The van der Waals surface area contributed by atoms with Gasteiger partial charge in [0.05, 0.1) is 6.04 Å². The van der Waals surface area contributed by atoms with Gasteiger partial charge in [0.1, 0.15) is 0 Å². The molecule has 1 aromatic carbocycles. The maximum absolute atomic E-state index is 5.27. The van der Waals surface area contributed by atoms with E-state index >= 15 is 0 Å². The second-order valence-electron chi connectivity index (χ2n) is 4.07. The molecule has 1 aromatic heterocycles. The number of nitrogens with zero attached hydrogens (tertiary/aromatic N) is 2. The summed E-state index contributed by atoms with van der Waals surface area (Å²) in [4.78, 5) is 4.41. The molecule has 4 nitrogen and oxygen atoms in total. The third kappa shape index (κ3) is 2.53. The molecule has 0 aliphatic heterocycles. The molecule has 2 aromatic rings. The first kappa shape index (κ1) is 11.8. The standard InChI is InChI=1S/C13H17N3O/c1-4-11(14-3)13-15-12(16-17-13)10-7-5-9(2)6-8-10/h5-8,11,14H,4H2,1-3H3. The lowest BCUT2D eigenvalue weighted by molar-refractivity contribution is 0.334. The highest BCUT2D eigenvalue weighted by atomic mass is 16.5. The van der Waals surface area contributed by atoms with Gasteiger partial charge >= 0.3 is 0 Å². The topological polar surface area (TPSA) is 51.0 Å². The van der Waals surface area contributed by atoms with Crippen molar-refractivity contribution >= 4 is 0 Å². The minimum atomic E-state index is 0.127. The Bertz CT molecular complexity index is 472. The molecule has 2 rings (SSSR count). The Morgan fingerprint density at radius 3 is 2.59 bits per heavy atom. The fraction of sp³-hybridized carbons (Fsp3) is 0.385. The smallest absolute Gasteiger partial charge is 0.244 e. The maximum atomic E-state index is 5.27. The van der Waals surface area contributed by atoms with E-state index in [4.69, 9.17) is 4.52 Å². The first-order valence-electron chi connectivity index (χ1n) is 5.82. The molecule has 1 heterocycles. The molecule has 0 fully saturated rings. The minimum Gasteiger partial charge on any atom is -0.337 e. The van der Waals surface area contributed by atoms with Crippen LogP contribution in [0, 0.1) is 6.92 Å². The second-order valence-corrected chi connectivity index (χ2v) is 4.07. The van der Waals surface area contributed by atoms with Crippen LogP contribution in [-0.2, 0) is 0 Å². The number of hydrogen-bond acceptors (Lipinski definition) is 4. The van der Waals surface area contributed by atoms with E-state index in [0.717, 1.165) is 12.0 Å². The molecule has 0 spiro atoms. The van der Waals surface area contributed by atoms with Crippen molar-refractivity contribution in [1.29, 1.82) is 0 Å². The molecular weight excluding hydrogens is 214 g/mol. The van der Waals surface area contributed by atoms with E-state index in [0.29, 0.717) is 11.7 Å². The van der Waals surface area contributed by atoms with Gasteiger partial charge in [-0.25, -0.2) is 0 Å². The zero-order valence-electron chi connectivity index (χ0n) is 10.4. The summed E-state index contributed by atoms with van der Waals surface area (Å²) < 4.78 is 5.27. The van der Waals surface area contributed by atoms with E-state index in [-0.39, 0.29) is 6.04 Å². The Morgan fingerprint density at radius 1 is 1.29 bits per heavy atom. The van der Waals surface area contributed by atoms with Crippen LogP contribution in [0.5, 0.6) is 0 Å². The Labute approximate surface area is 101 Å². The molecule has 1 N–H and O–H groups in total. The van der Waals surface area contributed by atoms with Gasteiger partial charge in [0.15, 0.2) is 0 Å². The van der Waals surface area contributed by atoms with Gasteiger partial charge in [0.2, 0.25) is 11.7 Å². The zero-order valence-corrected chi connectivity index (χ0v) is 10.4. The highest BCUT2D eigenvalue weighted by molar-refractivity contribution is 5.54. The first-order chi connectivity index (χ1) is 8.24. The minimum absolute atomic E-state index is 0.127. The summed E-state index contributed by atoms with van der Waals surface area (Å²) in [5, 5.41) is 7.15. The number of hydrogen-bond donors (Lipinski definition) is 1. The average molecular weight is 231 g/mol. The summed E-state index contributed by atoms with van der Waals surface area (Å²) in [6.07, 6.45) is 0.923. The van der Waals surface area contributed by atoms with Gasteiger partial charge in [-0.2, -0.15) is 4.98 Å². The summed E-state index contributed by atoms with van der Waals surface area (Å²) >= 11 is 0. The summed E-state index contributed by atoms with van der Waals surface area (Å²) in [5.41, 5.74) is 2.20. The van der Waals surface area contributed by atoms with Gasteiger partial charge < -0.3 is 9.84 Å². The van der Waals surface area contributed by atoms with Gasteiger partial charge in [-0.1, -0.05) is 41.9 Å². The van der Waals surface area contributed by atoms with Crippen LogP contribution in [0.3, 0.4) is 0 Å². The molecule has 90 valence electrons. The highest BCUT2D eigenvalue weighted by Crippen LogP contribution is 2.20. The molecule has 1 unspecified atom stereocenters. The number of aromatic nitrogens is 2. The second kappa shape index (κ2) is 5.10. The predicted molar refractivity (Wildman–Crippen MR) is 66.6 cm³/mol. The largest absolute Gasteiger partial charge is 0.337 e. The number of benzene rings is 1. The van der Waals surface area contributed by atoms with E-state index < -0.39 is 0 Å². The Hall–Kier alpha value is -1.68. The molecule has 0 aliphatic rings. The molecule has 4 heteroatoms. The summed E-state index contributed by atoms with van der Waals surface area (Å²) in [6.45, 7) is 4.14. The quantitative estimate of drug-likeness (QED) is 0.879. The predicted octanol–water partition coefficient (Wildman–Crippen LogP) is 2.72. The lowest BCUT2D eigenvalue weighted by Crippen LogP contribution is -2.15. The van der Waals surface area contributed by atoms with Crippen LogP contribution in [0.4, 0.5) is 0 Å². The van der Waals surface area contributed by atoms with Crippen LogP contribution >= 0.6 is 0 Å². The van der Waals surface area contributed by atoms with E-state index in [2.05, 4.69) is 29.3 Å². The number of nitrogens with one attached hydrogen (secondary N) is 1. The maximum Gasteiger partial charge on any atom is 0.244 e. The molecule has 0 saturated carbocycles. The van der Waals surface area contributed by atoms with Gasteiger partial charge in [-0.15, -0.1) is 0 Å². The van der Waals surface area contributed by atoms with Gasteiger partial charge in [0.25, 0.3) is 0 Å². The van der Waals surface area contributed by atoms with Crippen molar-refractivity contribution in [3.8, 4) is 11.4 Å². The van der Waals surface area contributed by atoms with Crippen molar-refractivity contribution in [2.24, 2.45) is 0 Å². The van der Waals surface area contributed by atoms with Crippen LogP contribution in [0.25, 0.3) is 11.4 Å². The van der Waals surface area contributed by atoms with E-state index in [1.807, 2.05) is 31.3 Å². The monoisotopic (exact) mass is 231 g/mol. The van der Waals surface area contributed by atoms with Gasteiger partial charge in [-0.3, -0.25) is 0 Å².